The van der Waals surface area contributed by atoms with E-state index in [1.165, 1.54) is 0 Å². The number of hydrogen-bond donors (Lipinski definition) is 1. The number of morpholine rings is 1. The highest BCUT2D eigenvalue weighted by atomic mass is 16.5. The van der Waals surface area contributed by atoms with Gasteiger partial charge in [0.15, 0.2) is 5.65 Å². The van der Waals surface area contributed by atoms with E-state index in [0.717, 1.165) is 41.4 Å². The van der Waals surface area contributed by atoms with Crippen LogP contribution in [0, 0.1) is 0 Å². The van der Waals surface area contributed by atoms with Crippen LogP contribution >= 0.6 is 0 Å². The summed E-state index contributed by atoms with van der Waals surface area (Å²) in [5, 5.41) is 8.58. The van der Waals surface area contributed by atoms with Gasteiger partial charge >= 0.3 is 0 Å². The summed E-state index contributed by atoms with van der Waals surface area (Å²) in [5.41, 5.74) is 1.73. The van der Waals surface area contributed by atoms with Crippen molar-refractivity contribution in [1.82, 2.24) is 19.7 Å². The fourth-order valence-electron chi connectivity index (χ4n) is 2.82. The zero-order valence-electron chi connectivity index (χ0n) is 14.3. The van der Waals surface area contributed by atoms with E-state index >= 15 is 0 Å². The second-order valence-electron chi connectivity index (χ2n) is 5.83. The molecule has 1 aliphatic heterocycles. The van der Waals surface area contributed by atoms with Crippen LogP contribution in [0.3, 0.4) is 0 Å². The SMILES string of the molecule is COc1ccc(Nc2nc(N3CCOCC3)nc3c2cnn3C)cc1. The molecule has 1 saturated heterocycles. The Hall–Kier alpha value is -2.87. The second-order valence-corrected chi connectivity index (χ2v) is 5.83. The van der Waals surface area contributed by atoms with Gasteiger partial charge in [0.1, 0.15) is 11.6 Å². The molecule has 1 N–H and O–H groups in total. The predicted molar refractivity (Wildman–Crippen MR) is 95.6 cm³/mol. The minimum absolute atomic E-state index is 0.689. The standard InChI is InChI=1S/C17H20N6O2/c1-22-16-14(11-18-22)15(19-12-3-5-13(24-2)6-4-12)20-17(21-16)23-7-9-25-10-8-23/h3-6,11H,7-10H2,1-2H3,(H,19,20,21). The molecule has 1 aromatic carbocycles. The number of nitrogens with zero attached hydrogens (tertiary/aromatic N) is 5. The lowest BCUT2D eigenvalue weighted by Crippen LogP contribution is -2.37. The largest absolute Gasteiger partial charge is 0.497 e. The van der Waals surface area contributed by atoms with Gasteiger partial charge in [0, 0.05) is 25.8 Å². The maximum absolute atomic E-state index is 5.42. The van der Waals surface area contributed by atoms with Gasteiger partial charge in [0.2, 0.25) is 5.95 Å². The van der Waals surface area contributed by atoms with Gasteiger partial charge in [0.05, 0.1) is 31.9 Å². The molecule has 25 heavy (non-hydrogen) atoms. The number of methoxy groups -OCH3 is 1. The first-order chi connectivity index (χ1) is 12.2. The molecular weight excluding hydrogens is 320 g/mol. The van der Waals surface area contributed by atoms with Gasteiger partial charge in [-0.2, -0.15) is 15.1 Å². The third kappa shape index (κ3) is 3.08. The molecule has 2 aromatic heterocycles. The van der Waals surface area contributed by atoms with Crippen molar-refractivity contribution < 1.29 is 9.47 Å². The number of anilines is 3. The van der Waals surface area contributed by atoms with Crippen molar-refractivity contribution >= 4 is 28.5 Å². The van der Waals surface area contributed by atoms with Gasteiger partial charge in [-0.3, -0.25) is 4.68 Å². The van der Waals surface area contributed by atoms with E-state index < -0.39 is 0 Å². The molecule has 8 nitrogen and oxygen atoms in total. The van der Waals surface area contributed by atoms with E-state index in [9.17, 15) is 0 Å². The van der Waals surface area contributed by atoms with Gasteiger partial charge in [-0.25, -0.2) is 0 Å². The fourth-order valence-corrected chi connectivity index (χ4v) is 2.82. The number of nitrogens with one attached hydrogen (secondary N) is 1. The lowest BCUT2D eigenvalue weighted by atomic mass is 10.3. The van der Waals surface area contributed by atoms with Crippen LogP contribution in [0.2, 0.25) is 0 Å². The Bertz CT molecular complexity index is 871. The lowest BCUT2D eigenvalue weighted by Gasteiger charge is -2.27. The highest BCUT2D eigenvalue weighted by Crippen LogP contribution is 2.27. The van der Waals surface area contributed by atoms with E-state index in [1.54, 1.807) is 18.0 Å². The number of benzene rings is 1. The van der Waals surface area contributed by atoms with Crippen molar-refractivity contribution in [2.24, 2.45) is 7.05 Å². The highest BCUT2D eigenvalue weighted by molar-refractivity contribution is 5.89. The summed E-state index contributed by atoms with van der Waals surface area (Å²) in [5.74, 6) is 2.24. The van der Waals surface area contributed by atoms with Crippen molar-refractivity contribution in [3.05, 3.63) is 30.5 Å². The van der Waals surface area contributed by atoms with E-state index in [-0.39, 0.29) is 0 Å². The van der Waals surface area contributed by atoms with Crippen molar-refractivity contribution in [1.29, 1.82) is 0 Å². The van der Waals surface area contributed by atoms with Gasteiger partial charge in [-0.1, -0.05) is 0 Å². The Balaban J connectivity index is 1.72. The van der Waals surface area contributed by atoms with Crippen molar-refractivity contribution in [2.45, 2.75) is 0 Å². The first kappa shape index (κ1) is 15.6. The maximum atomic E-state index is 5.42. The molecule has 0 unspecified atom stereocenters. The van der Waals surface area contributed by atoms with Gasteiger partial charge < -0.3 is 19.7 Å². The minimum atomic E-state index is 0.689. The Kier molecular flexibility index (Phi) is 4.10. The molecular formula is C17H20N6O2. The highest BCUT2D eigenvalue weighted by Gasteiger charge is 2.18. The fraction of sp³-hybridized carbons (Fsp3) is 0.353. The normalized spacial score (nSPS) is 14.7. The molecule has 8 heteroatoms. The van der Waals surface area contributed by atoms with Crippen molar-refractivity contribution in [3.8, 4) is 5.75 Å². The summed E-state index contributed by atoms with van der Waals surface area (Å²) in [6.45, 7) is 2.94. The zero-order valence-corrected chi connectivity index (χ0v) is 14.3. The number of rotatable bonds is 4. The van der Waals surface area contributed by atoms with Crippen molar-refractivity contribution in [3.63, 3.8) is 0 Å². The summed E-state index contributed by atoms with van der Waals surface area (Å²) in [6.07, 6.45) is 1.78. The molecule has 3 heterocycles. The molecule has 0 spiro atoms. The van der Waals surface area contributed by atoms with E-state index in [2.05, 4.69) is 20.3 Å². The van der Waals surface area contributed by atoms with Crippen LogP contribution in [0.25, 0.3) is 11.0 Å². The maximum Gasteiger partial charge on any atom is 0.229 e. The zero-order chi connectivity index (χ0) is 17.2. The number of aryl methyl sites for hydroxylation is 1. The molecule has 0 aliphatic carbocycles. The van der Waals surface area contributed by atoms with Gasteiger partial charge in [-0.15, -0.1) is 0 Å². The molecule has 1 fully saturated rings. The average Bonchev–Trinajstić information content (AvgIpc) is 3.04. The molecule has 0 atom stereocenters. The van der Waals surface area contributed by atoms with Crippen molar-refractivity contribution in [2.75, 3.05) is 43.6 Å². The molecule has 130 valence electrons. The van der Waals surface area contributed by atoms with Crippen LogP contribution in [0.1, 0.15) is 0 Å². The Morgan fingerprint density at radius 2 is 1.88 bits per heavy atom. The molecule has 4 rings (SSSR count). The summed E-state index contributed by atoms with van der Waals surface area (Å²) in [7, 11) is 3.54. The monoisotopic (exact) mass is 340 g/mol. The molecule has 3 aromatic rings. The summed E-state index contributed by atoms with van der Waals surface area (Å²) < 4.78 is 12.4. The first-order valence-electron chi connectivity index (χ1n) is 8.18. The molecule has 0 bridgehead atoms. The quantitative estimate of drug-likeness (QED) is 0.778. The Morgan fingerprint density at radius 3 is 2.60 bits per heavy atom. The second kappa shape index (κ2) is 6.56. The minimum Gasteiger partial charge on any atom is -0.497 e. The Labute approximate surface area is 145 Å². The van der Waals surface area contributed by atoms with E-state index in [1.807, 2.05) is 31.3 Å². The smallest absolute Gasteiger partial charge is 0.229 e. The van der Waals surface area contributed by atoms with Gasteiger partial charge in [0.25, 0.3) is 0 Å². The number of ether oxygens (including phenoxy) is 2. The molecule has 1 aliphatic rings. The van der Waals surface area contributed by atoms with Crippen LogP contribution in [0.5, 0.6) is 5.75 Å². The van der Waals surface area contributed by atoms with Crippen LogP contribution in [0.4, 0.5) is 17.5 Å². The summed E-state index contributed by atoms with van der Waals surface area (Å²) in [6, 6.07) is 7.73. The summed E-state index contributed by atoms with van der Waals surface area (Å²) in [4.78, 5) is 11.6. The first-order valence-corrected chi connectivity index (χ1v) is 8.18. The van der Waals surface area contributed by atoms with Gasteiger partial charge in [-0.05, 0) is 24.3 Å². The topological polar surface area (TPSA) is 77.3 Å². The van der Waals surface area contributed by atoms with Crippen LogP contribution in [-0.4, -0.2) is 53.2 Å². The van der Waals surface area contributed by atoms with E-state index in [4.69, 9.17) is 14.5 Å². The average molecular weight is 340 g/mol. The molecule has 0 saturated carbocycles. The third-order valence-electron chi connectivity index (χ3n) is 4.23. The number of aromatic nitrogens is 4. The summed E-state index contributed by atoms with van der Waals surface area (Å²) >= 11 is 0. The van der Waals surface area contributed by atoms with Crippen LogP contribution in [0.15, 0.2) is 30.5 Å². The molecule has 0 amide bonds. The van der Waals surface area contributed by atoms with Crippen LogP contribution < -0.4 is 15.0 Å². The van der Waals surface area contributed by atoms with E-state index in [0.29, 0.717) is 19.2 Å². The third-order valence-corrected chi connectivity index (χ3v) is 4.23. The number of fused-ring (bicyclic) bond motifs is 1. The lowest BCUT2D eigenvalue weighted by molar-refractivity contribution is 0.122. The molecule has 0 radical (unpaired) electrons. The predicted octanol–water partition coefficient (Wildman–Crippen LogP) is 1.95. The number of hydrogen-bond acceptors (Lipinski definition) is 7. The Morgan fingerprint density at radius 1 is 1.12 bits per heavy atom. The van der Waals surface area contributed by atoms with Crippen LogP contribution in [-0.2, 0) is 11.8 Å².